The number of ketones is 1. The monoisotopic (exact) mass is 286 g/mol. The average Bonchev–Trinajstić information content (AvgIpc) is 2.78. The third kappa shape index (κ3) is 2.18. The van der Waals surface area contributed by atoms with Crippen LogP contribution in [0.2, 0.25) is 5.02 Å². The van der Waals surface area contributed by atoms with Crippen LogP contribution in [0.4, 0.5) is 0 Å². The van der Waals surface area contributed by atoms with Gasteiger partial charge in [-0.2, -0.15) is 0 Å². The Balaban J connectivity index is 2.40. The lowest BCUT2D eigenvalue weighted by Crippen LogP contribution is -1.90. The van der Waals surface area contributed by atoms with Gasteiger partial charge in [-0.25, -0.2) is 0 Å². The van der Waals surface area contributed by atoms with Crippen molar-refractivity contribution in [3.05, 3.63) is 58.4 Å². The van der Waals surface area contributed by atoms with Gasteiger partial charge in [-0.05, 0) is 30.7 Å². The zero-order valence-corrected chi connectivity index (χ0v) is 11.9. The number of carbonyl (C=O) groups excluding carboxylic acids is 1. The predicted octanol–water partition coefficient (Wildman–Crippen LogP) is 5.42. The van der Waals surface area contributed by atoms with Gasteiger partial charge in [0.15, 0.2) is 5.78 Å². The van der Waals surface area contributed by atoms with Crippen LogP contribution in [0.5, 0.6) is 0 Å². The number of hydrogen-bond donors (Lipinski definition) is 0. The Morgan fingerprint density at radius 3 is 2.53 bits per heavy atom. The van der Waals surface area contributed by atoms with Gasteiger partial charge >= 0.3 is 0 Å². The van der Waals surface area contributed by atoms with Crippen molar-refractivity contribution in [2.75, 3.05) is 0 Å². The van der Waals surface area contributed by atoms with Crippen molar-refractivity contribution in [1.29, 1.82) is 0 Å². The van der Waals surface area contributed by atoms with Gasteiger partial charge in [0.05, 0.1) is 4.88 Å². The van der Waals surface area contributed by atoms with E-state index in [9.17, 15) is 4.79 Å². The molecule has 1 aromatic heterocycles. The molecule has 3 rings (SSSR count). The summed E-state index contributed by atoms with van der Waals surface area (Å²) in [5, 5.41) is 1.74. The Bertz CT molecular complexity index is 759. The number of rotatable bonds is 2. The lowest BCUT2D eigenvalue weighted by atomic mass is 10.0. The lowest BCUT2D eigenvalue weighted by Gasteiger charge is -2.02. The minimum atomic E-state index is 0.0937. The zero-order chi connectivity index (χ0) is 13.4. The third-order valence-electron chi connectivity index (χ3n) is 3.03. The molecule has 0 unspecified atom stereocenters. The summed E-state index contributed by atoms with van der Waals surface area (Å²) in [4.78, 5) is 12.7. The standard InChI is InChI=1S/C16H11ClOS/c1-10(18)16-15(11-5-3-2-4-6-11)13-9-12(17)7-8-14(13)19-16/h2-9H,1H3. The molecule has 3 aromatic rings. The quantitative estimate of drug-likeness (QED) is 0.575. The van der Waals surface area contributed by atoms with Crippen LogP contribution in [0.3, 0.4) is 0 Å². The number of hydrogen-bond acceptors (Lipinski definition) is 2. The molecule has 0 spiro atoms. The smallest absolute Gasteiger partial charge is 0.170 e. The van der Waals surface area contributed by atoms with E-state index >= 15 is 0 Å². The molecule has 2 aromatic carbocycles. The van der Waals surface area contributed by atoms with Crippen LogP contribution < -0.4 is 0 Å². The normalized spacial score (nSPS) is 10.8. The van der Waals surface area contributed by atoms with Gasteiger partial charge in [0.2, 0.25) is 0 Å². The van der Waals surface area contributed by atoms with Gasteiger partial charge < -0.3 is 0 Å². The van der Waals surface area contributed by atoms with Gasteiger partial charge in [-0.1, -0.05) is 41.9 Å². The fourth-order valence-corrected chi connectivity index (χ4v) is 3.48. The summed E-state index contributed by atoms with van der Waals surface area (Å²) in [5.74, 6) is 0.0937. The largest absolute Gasteiger partial charge is 0.294 e. The van der Waals surface area contributed by atoms with E-state index in [-0.39, 0.29) is 5.78 Å². The highest BCUT2D eigenvalue weighted by Gasteiger charge is 2.17. The molecule has 0 amide bonds. The first-order valence-electron chi connectivity index (χ1n) is 5.95. The zero-order valence-electron chi connectivity index (χ0n) is 10.3. The van der Waals surface area contributed by atoms with E-state index in [4.69, 9.17) is 11.6 Å². The van der Waals surface area contributed by atoms with E-state index in [2.05, 4.69) is 0 Å². The molecule has 0 aliphatic rings. The maximum Gasteiger partial charge on any atom is 0.170 e. The number of thiophene rings is 1. The second kappa shape index (κ2) is 4.80. The van der Waals surface area contributed by atoms with Crippen molar-refractivity contribution in [2.45, 2.75) is 6.92 Å². The Morgan fingerprint density at radius 1 is 1.11 bits per heavy atom. The van der Waals surface area contributed by atoms with Crippen molar-refractivity contribution >= 4 is 38.8 Å². The number of fused-ring (bicyclic) bond motifs is 1. The molecule has 0 saturated carbocycles. The molecule has 0 bridgehead atoms. The SMILES string of the molecule is CC(=O)c1sc2ccc(Cl)cc2c1-c1ccccc1. The summed E-state index contributed by atoms with van der Waals surface area (Å²) < 4.78 is 1.09. The Labute approximate surface area is 120 Å². The Hall–Kier alpha value is -1.64. The molecule has 0 atom stereocenters. The minimum Gasteiger partial charge on any atom is -0.294 e. The lowest BCUT2D eigenvalue weighted by molar-refractivity contribution is 0.102. The molecular formula is C16H11ClOS. The summed E-state index contributed by atoms with van der Waals surface area (Å²) >= 11 is 7.61. The Kier molecular flexibility index (Phi) is 3.13. The molecule has 0 N–H and O–H groups in total. The molecule has 3 heteroatoms. The van der Waals surface area contributed by atoms with Crippen LogP contribution in [-0.4, -0.2) is 5.78 Å². The third-order valence-corrected chi connectivity index (χ3v) is 4.54. The van der Waals surface area contributed by atoms with Gasteiger partial charge in [-0.3, -0.25) is 4.79 Å². The maximum absolute atomic E-state index is 11.9. The first kappa shape index (κ1) is 12.4. The molecule has 0 radical (unpaired) electrons. The fraction of sp³-hybridized carbons (Fsp3) is 0.0625. The number of carbonyl (C=O) groups is 1. The van der Waals surface area contributed by atoms with Crippen LogP contribution in [-0.2, 0) is 0 Å². The van der Waals surface area contributed by atoms with Gasteiger partial charge in [-0.15, -0.1) is 11.3 Å². The number of halogens is 1. The van der Waals surface area contributed by atoms with Gasteiger partial charge in [0.25, 0.3) is 0 Å². The van der Waals surface area contributed by atoms with Crippen molar-refractivity contribution in [1.82, 2.24) is 0 Å². The van der Waals surface area contributed by atoms with E-state index in [1.54, 1.807) is 6.92 Å². The van der Waals surface area contributed by atoms with Crippen LogP contribution >= 0.6 is 22.9 Å². The van der Waals surface area contributed by atoms with Crippen LogP contribution in [0.25, 0.3) is 21.2 Å². The summed E-state index contributed by atoms with van der Waals surface area (Å²) in [6, 6.07) is 15.7. The molecule has 19 heavy (non-hydrogen) atoms. The van der Waals surface area contributed by atoms with E-state index in [0.29, 0.717) is 5.02 Å². The van der Waals surface area contributed by atoms with E-state index < -0.39 is 0 Å². The first-order valence-corrected chi connectivity index (χ1v) is 7.14. The molecule has 0 fully saturated rings. The number of benzene rings is 2. The van der Waals surface area contributed by atoms with Crippen molar-refractivity contribution < 1.29 is 4.79 Å². The van der Waals surface area contributed by atoms with Crippen molar-refractivity contribution in [2.24, 2.45) is 0 Å². The predicted molar refractivity (Wildman–Crippen MR) is 82.3 cm³/mol. The summed E-state index contributed by atoms with van der Waals surface area (Å²) in [7, 11) is 0. The average molecular weight is 287 g/mol. The van der Waals surface area contributed by atoms with Crippen LogP contribution in [0, 0.1) is 0 Å². The molecule has 0 saturated heterocycles. The molecule has 0 aliphatic heterocycles. The minimum absolute atomic E-state index is 0.0937. The fourth-order valence-electron chi connectivity index (χ4n) is 2.21. The Morgan fingerprint density at radius 2 is 1.84 bits per heavy atom. The highest BCUT2D eigenvalue weighted by molar-refractivity contribution is 7.21. The van der Waals surface area contributed by atoms with E-state index in [1.807, 2.05) is 48.5 Å². The molecule has 0 aliphatic carbocycles. The molecular weight excluding hydrogens is 276 g/mol. The molecule has 94 valence electrons. The molecule has 1 heterocycles. The first-order chi connectivity index (χ1) is 9.16. The summed E-state index contributed by atoms with van der Waals surface area (Å²) in [6.45, 7) is 1.61. The van der Waals surface area contributed by atoms with Gasteiger partial charge in [0, 0.05) is 20.7 Å². The molecule has 1 nitrogen and oxygen atoms in total. The summed E-state index contributed by atoms with van der Waals surface area (Å²) in [6.07, 6.45) is 0. The van der Waals surface area contributed by atoms with E-state index in [0.717, 1.165) is 26.1 Å². The van der Waals surface area contributed by atoms with Crippen molar-refractivity contribution in [3.8, 4) is 11.1 Å². The van der Waals surface area contributed by atoms with Crippen molar-refractivity contribution in [3.63, 3.8) is 0 Å². The second-order valence-electron chi connectivity index (χ2n) is 4.37. The topological polar surface area (TPSA) is 17.1 Å². The maximum atomic E-state index is 11.9. The highest BCUT2D eigenvalue weighted by atomic mass is 35.5. The van der Waals surface area contributed by atoms with Crippen LogP contribution in [0.15, 0.2) is 48.5 Å². The second-order valence-corrected chi connectivity index (χ2v) is 5.86. The van der Waals surface area contributed by atoms with Crippen LogP contribution in [0.1, 0.15) is 16.6 Å². The highest BCUT2D eigenvalue weighted by Crippen LogP contribution is 2.40. The summed E-state index contributed by atoms with van der Waals surface area (Å²) in [5.41, 5.74) is 2.05. The van der Waals surface area contributed by atoms with E-state index in [1.165, 1.54) is 11.3 Å². The number of Topliss-reactive ketones (excluding diaryl/α,β-unsaturated/α-hetero) is 1. The van der Waals surface area contributed by atoms with Gasteiger partial charge in [0.1, 0.15) is 0 Å².